The molecule has 0 spiro atoms. The molecule has 0 bridgehead atoms. The van der Waals surface area contributed by atoms with Gasteiger partial charge in [-0.2, -0.15) is 0 Å². The molecule has 1 heterocycles. The van der Waals surface area contributed by atoms with Crippen LogP contribution in [0.4, 0.5) is 0 Å². The predicted molar refractivity (Wildman–Crippen MR) is 89.5 cm³/mol. The number of nitrogens with zero attached hydrogens (tertiary/aromatic N) is 1. The largest absolute Gasteiger partial charge is 0.497 e. The first-order chi connectivity index (χ1) is 10.8. The number of ether oxygens (including phenoxy) is 1. The Kier molecular flexibility index (Phi) is 5.08. The van der Waals surface area contributed by atoms with Crippen molar-refractivity contribution in [3.05, 3.63) is 34.8 Å². The Bertz CT molecular complexity index is 610. The molecule has 0 amide bonds. The third-order valence-corrected chi connectivity index (χ3v) is 5.27. The smallest absolute Gasteiger partial charge is 0.123 e. The van der Waals surface area contributed by atoms with Crippen LogP contribution in [0.2, 0.25) is 0 Å². The van der Waals surface area contributed by atoms with Crippen LogP contribution in [0.5, 0.6) is 5.75 Å². The summed E-state index contributed by atoms with van der Waals surface area (Å²) in [5, 5.41) is 13.6. The van der Waals surface area contributed by atoms with Crippen molar-refractivity contribution < 1.29 is 9.84 Å². The van der Waals surface area contributed by atoms with Gasteiger partial charge in [-0.25, -0.2) is 4.98 Å². The van der Waals surface area contributed by atoms with Crippen molar-refractivity contribution in [2.45, 2.75) is 31.7 Å². The number of rotatable bonds is 6. The van der Waals surface area contributed by atoms with Gasteiger partial charge in [0.2, 0.25) is 0 Å². The summed E-state index contributed by atoms with van der Waals surface area (Å²) in [7, 11) is 1.68. The van der Waals surface area contributed by atoms with Crippen LogP contribution in [-0.4, -0.2) is 30.4 Å². The number of hydrogen-bond acceptors (Lipinski definition) is 5. The van der Waals surface area contributed by atoms with E-state index in [1.165, 1.54) is 17.0 Å². The van der Waals surface area contributed by atoms with Crippen LogP contribution in [0, 0.1) is 0 Å². The van der Waals surface area contributed by atoms with Crippen molar-refractivity contribution in [3.63, 3.8) is 0 Å². The zero-order chi connectivity index (χ0) is 15.4. The first-order valence-electron chi connectivity index (χ1n) is 7.80. The summed E-state index contributed by atoms with van der Waals surface area (Å²) in [4.78, 5) is 6.21. The quantitative estimate of drug-likeness (QED) is 0.803. The molecule has 118 valence electrons. The van der Waals surface area contributed by atoms with Gasteiger partial charge in [-0.1, -0.05) is 0 Å². The molecule has 0 fully saturated rings. The molecule has 1 atom stereocenters. The summed E-state index contributed by atoms with van der Waals surface area (Å²) >= 11 is 1.79. The third-order valence-electron chi connectivity index (χ3n) is 4.01. The van der Waals surface area contributed by atoms with Crippen molar-refractivity contribution in [2.75, 3.05) is 20.3 Å². The fraction of sp³-hybridized carbons (Fsp3) is 0.471. The van der Waals surface area contributed by atoms with Crippen LogP contribution in [0.1, 0.15) is 35.9 Å². The lowest BCUT2D eigenvalue weighted by molar-refractivity contribution is 0.282. The van der Waals surface area contributed by atoms with Gasteiger partial charge >= 0.3 is 0 Å². The SMILES string of the molecule is COc1ccc(-c2nc3c(s2)C(NCCCO)CCC3)cc1. The van der Waals surface area contributed by atoms with Crippen LogP contribution in [-0.2, 0) is 6.42 Å². The molecule has 1 aromatic heterocycles. The maximum atomic E-state index is 8.93. The number of aromatic nitrogens is 1. The van der Waals surface area contributed by atoms with Crippen LogP contribution in [0.15, 0.2) is 24.3 Å². The normalized spacial score (nSPS) is 17.3. The topological polar surface area (TPSA) is 54.4 Å². The summed E-state index contributed by atoms with van der Waals surface area (Å²) in [6, 6.07) is 8.48. The molecule has 0 saturated carbocycles. The number of nitrogens with one attached hydrogen (secondary N) is 1. The zero-order valence-electron chi connectivity index (χ0n) is 12.8. The summed E-state index contributed by atoms with van der Waals surface area (Å²) in [5.74, 6) is 0.869. The number of hydrogen-bond donors (Lipinski definition) is 2. The van der Waals surface area contributed by atoms with Crippen molar-refractivity contribution in [1.29, 1.82) is 0 Å². The van der Waals surface area contributed by atoms with Crippen LogP contribution in [0.25, 0.3) is 10.6 Å². The Balaban J connectivity index is 1.80. The minimum Gasteiger partial charge on any atom is -0.497 e. The fourth-order valence-electron chi connectivity index (χ4n) is 2.83. The van der Waals surface area contributed by atoms with E-state index in [0.29, 0.717) is 6.04 Å². The zero-order valence-corrected chi connectivity index (χ0v) is 13.7. The summed E-state index contributed by atoms with van der Waals surface area (Å²) < 4.78 is 5.21. The van der Waals surface area contributed by atoms with E-state index in [2.05, 4.69) is 17.4 Å². The maximum absolute atomic E-state index is 8.93. The monoisotopic (exact) mass is 318 g/mol. The highest BCUT2D eigenvalue weighted by atomic mass is 32.1. The molecule has 1 aliphatic rings. The molecule has 0 radical (unpaired) electrons. The molecule has 2 aromatic rings. The number of methoxy groups -OCH3 is 1. The van der Waals surface area contributed by atoms with Crippen molar-refractivity contribution in [2.24, 2.45) is 0 Å². The fourth-order valence-corrected chi connectivity index (χ4v) is 4.05. The minimum absolute atomic E-state index is 0.242. The maximum Gasteiger partial charge on any atom is 0.123 e. The Morgan fingerprint density at radius 1 is 1.36 bits per heavy atom. The summed E-state index contributed by atoms with van der Waals surface area (Å²) in [6.45, 7) is 1.10. The number of benzene rings is 1. The molecule has 4 nitrogen and oxygen atoms in total. The van der Waals surface area contributed by atoms with Gasteiger partial charge in [0.05, 0.1) is 12.8 Å². The second kappa shape index (κ2) is 7.22. The summed E-state index contributed by atoms with van der Waals surface area (Å²) in [5.41, 5.74) is 2.39. The average Bonchev–Trinajstić information content (AvgIpc) is 3.00. The van der Waals surface area contributed by atoms with E-state index < -0.39 is 0 Å². The predicted octanol–water partition coefficient (Wildman–Crippen LogP) is 3.17. The third kappa shape index (κ3) is 3.32. The molecule has 1 unspecified atom stereocenters. The first-order valence-corrected chi connectivity index (χ1v) is 8.61. The molecular weight excluding hydrogens is 296 g/mol. The Labute approximate surface area is 135 Å². The van der Waals surface area contributed by atoms with Gasteiger partial charge in [0.15, 0.2) is 0 Å². The van der Waals surface area contributed by atoms with E-state index in [9.17, 15) is 0 Å². The molecule has 1 aliphatic carbocycles. The average molecular weight is 318 g/mol. The van der Waals surface area contributed by atoms with Crippen molar-refractivity contribution >= 4 is 11.3 Å². The van der Waals surface area contributed by atoms with Gasteiger partial charge in [-0.05, 0) is 56.5 Å². The Hall–Kier alpha value is -1.43. The van der Waals surface area contributed by atoms with Crippen molar-refractivity contribution in [1.82, 2.24) is 10.3 Å². The van der Waals surface area contributed by atoms with Crippen LogP contribution in [0.3, 0.4) is 0 Å². The van der Waals surface area contributed by atoms with Gasteiger partial charge in [0, 0.05) is 23.1 Å². The molecule has 1 aromatic carbocycles. The highest BCUT2D eigenvalue weighted by Gasteiger charge is 2.24. The molecular formula is C17H22N2O2S. The molecule has 0 saturated heterocycles. The van der Waals surface area contributed by atoms with E-state index in [-0.39, 0.29) is 6.61 Å². The van der Waals surface area contributed by atoms with Crippen molar-refractivity contribution in [3.8, 4) is 16.3 Å². The second-order valence-electron chi connectivity index (χ2n) is 5.53. The standard InChI is InChI=1S/C17H22N2O2S/c1-21-13-8-6-12(7-9-13)17-19-15-5-2-4-14(16(15)22-17)18-10-3-11-20/h6-9,14,18,20H,2-5,10-11H2,1H3. The highest BCUT2D eigenvalue weighted by Crippen LogP contribution is 2.38. The minimum atomic E-state index is 0.242. The van der Waals surface area contributed by atoms with Gasteiger partial charge < -0.3 is 15.2 Å². The lowest BCUT2D eigenvalue weighted by atomic mass is 9.98. The van der Waals surface area contributed by atoms with E-state index in [1.807, 2.05) is 12.1 Å². The number of aliphatic hydroxyl groups excluding tert-OH is 1. The molecule has 0 aliphatic heterocycles. The van der Waals surface area contributed by atoms with Crippen LogP contribution >= 0.6 is 11.3 Å². The number of thiazole rings is 1. The van der Waals surface area contributed by atoms with Crippen LogP contribution < -0.4 is 10.1 Å². The lowest BCUT2D eigenvalue weighted by Crippen LogP contribution is -2.25. The molecule has 22 heavy (non-hydrogen) atoms. The van der Waals surface area contributed by atoms with E-state index in [0.717, 1.165) is 42.1 Å². The lowest BCUT2D eigenvalue weighted by Gasteiger charge is -2.22. The van der Waals surface area contributed by atoms with Gasteiger partial charge in [0.25, 0.3) is 0 Å². The molecule has 2 N–H and O–H groups in total. The van der Waals surface area contributed by atoms with Gasteiger partial charge in [-0.15, -0.1) is 11.3 Å². The summed E-state index contributed by atoms with van der Waals surface area (Å²) in [6.07, 6.45) is 4.20. The molecule has 5 heteroatoms. The Morgan fingerprint density at radius 3 is 2.91 bits per heavy atom. The first kappa shape index (κ1) is 15.5. The Morgan fingerprint density at radius 2 is 2.18 bits per heavy atom. The molecule has 3 rings (SSSR count). The van der Waals surface area contributed by atoms with Gasteiger partial charge in [0.1, 0.15) is 10.8 Å². The number of aliphatic hydroxyl groups is 1. The van der Waals surface area contributed by atoms with E-state index >= 15 is 0 Å². The van der Waals surface area contributed by atoms with E-state index in [1.54, 1.807) is 18.4 Å². The number of aryl methyl sites for hydroxylation is 1. The highest BCUT2D eigenvalue weighted by molar-refractivity contribution is 7.15. The van der Waals surface area contributed by atoms with Gasteiger partial charge in [-0.3, -0.25) is 0 Å². The van der Waals surface area contributed by atoms with E-state index in [4.69, 9.17) is 14.8 Å². The number of fused-ring (bicyclic) bond motifs is 1. The second-order valence-corrected chi connectivity index (χ2v) is 6.57.